The second kappa shape index (κ2) is 11.3. The van der Waals surface area contributed by atoms with E-state index in [1.54, 1.807) is 7.05 Å². The molecule has 144 valence electrons. The van der Waals surface area contributed by atoms with Crippen molar-refractivity contribution in [2.75, 3.05) is 39.8 Å². The Morgan fingerprint density at radius 3 is 2.44 bits per heavy atom. The number of thiazole rings is 1. The normalized spacial score (nSPS) is 12.7. The summed E-state index contributed by atoms with van der Waals surface area (Å²) in [5.74, 6) is 0.662. The van der Waals surface area contributed by atoms with Gasteiger partial charge in [-0.1, -0.05) is 13.8 Å². The lowest BCUT2D eigenvalue weighted by atomic mass is 10.3. The Bertz CT molecular complexity index is 512. The van der Waals surface area contributed by atoms with Crippen LogP contribution in [0.25, 0.3) is 0 Å². The van der Waals surface area contributed by atoms with Gasteiger partial charge in [0.25, 0.3) is 0 Å². The number of guanidine groups is 1. The van der Waals surface area contributed by atoms with Crippen LogP contribution >= 0.6 is 11.3 Å². The van der Waals surface area contributed by atoms with E-state index in [1.807, 2.05) is 0 Å². The molecule has 0 aliphatic rings. The summed E-state index contributed by atoms with van der Waals surface area (Å²) in [6.45, 7) is 8.85. The predicted molar refractivity (Wildman–Crippen MR) is 97.2 cm³/mol. The van der Waals surface area contributed by atoms with Gasteiger partial charge in [0.15, 0.2) is 11.7 Å². The fraction of sp³-hybridized carbons (Fsp3) is 0.750. The number of aliphatic imine (C=N–C) groups is 1. The first-order valence-electron chi connectivity index (χ1n) is 8.59. The Labute approximate surface area is 151 Å². The van der Waals surface area contributed by atoms with Crippen molar-refractivity contribution < 1.29 is 13.2 Å². The monoisotopic (exact) mass is 379 g/mol. The second-order valence-electron chi connectivity index (χ2n) is 5.53. The van der Waals surface area contributed by atoms with Gasteiger partial charge in [-0.2, -0.15) is 13.2 Å². The van der Waals surface area contributed by atoms with Crippen molar-refractivity contribution in [2.45, 2.75) is 39.3 Å². The number of aromatic nitrogens is 1. The van der Waals surface area contributed by atoms with Gasteiger partial charge in [0, 0.05) is 31.9 Å². The van der Waals surface area contributed by atoms with Crippen molar-refractivity contribution in [1.29, 1.82) is 0 Å². The van der Waals surface area contributed by atoms with Crippen LogP contribution in [0.15, 0.2) is 10.4 Å². The molecule has 0 radical (unpaired) electrons. The highest BCUT2D eigenvalue weighted by Gasteiger charge is 2.33. The molecule has 1 rings (SSSR count). The first-order valence-corrected chi connectivity index (χ1v) is 9.47. The maximum absolute atomic E-state index is 12.5. The molecule has 0 aromatic carbocycles. The summed E-state index contributed by atoms with van der Waals surface area (Å²) in [7, 11) is 1.68. The van der Waals surface area contributed by atoms with E-state index in [0.29, 0.717) is 23.9 Å². The summed E-state index contributed by atoms with van der Waals surface area (Å²) >= 11 is 1.03. The summed E-state index contributed by atoms with van der Waals surface area (Å²) in [6.07, 6.45) is -1.78. The number of halogens is 3. The maximum atomic E-state index is 12.5. The van der Waals surface area contributed by atoms with Gasteiger partial charge in [0.1, 0.15) is 0 Å². The zero-order valence-corrected chi connectivity index (χ0v) is 15.9. The van der Waals surface area contributed by atoms with Crippen LogP contribution in [0, 0.1) is 0 Å². The van der Waals surface area contributed by atoms with Crippen molar-refractivity contribution >= 4 is 17.3 Å². The zero-order valence-electron chi connectivity index (χ0n) is 15.1. The Kier molecular flexibility index (Phi) is 9.81. The molecular formula is C16H28F3N5S. The number of nitrogens with one attached hydrogen (secondary N) is 2. The number of hydrogen-bond donors (Lipinski definition) is 2. The average Bonchev–Trinajstić information content (AvgIpc) is 3.05. The molecule has 1 aromatic heterocycles. The van der Waals surface area contributed by atoms with Crippen LogP contribution in [0.3, 0.4) is 0 Å². The van der Waals surface area contributed by atoms with Crippen molar-refractivity contribution in [3.8, 4) is 0 Å². The van der Waals surface area contributed by atoms with Gasteiger partial charge in [0.05, 0.1) is 5.01 Å². The van der Waals surface area contributed by atoms with Gasteiger partial charge < -0.3 is 15.5 Å². The fourth-order valence-electron chi connectivity index (χ4n) is 2.27. The van der Waals surface area contributed by atoms with Gasteiger partial charge in [-0.05, 0) is 32.5 Å². The molecule has 0 saturated carbocycles. The van der Waals surface area contributed by atoms with Crippen LogP contribution in [0.5, 0.6) is 0 Å². The molecule has 25 heavy (non-hydrogen) atoms. The third-order valence-corrected chi connectivity index (χ3v) is 4.69. The minimum absolute atomic E-state index is 0.434. The van der Waals surface area contributed by atoms with E-state index in [-0.39, 0.29) is 0 Å². The first-order chi connectivity index (χ1) is 11.9. The van der Waals surface area contributed by atoms with Gasteiger partial charge in [-0.3, -0.25) is 4.99 Å². The molecule has 0 atom stereocenters. The lowest BCUT2D eigenvalue weighted by Crippen LogP contribution is -2.39. The standard InChI is InChI=1S/C16H28F3N5S/c1-4-24(5-2)11-7-6-9-21-15(20-3)22-10-8-14-23-13(12-25-14)16(17,18)19/h12H,4-11H2,1-3H3,(H2,20,21,22). The molecule has 1 heterocycles. The van der Waals surface area contributed by atoms with E-state index in [4.69, 9.17) is 0 Å². The van der Waals surface area contributed by atoms with Crippen LogP contribution in [0.2, 0.25) is 0 Å². The molecule has 0 unspecified atom stereocenters. The summed E-state index contributed by atoms with van der Waals surface area (Å²) in [5, 5.41) is 7.84. The van der Waals surface area contributed by atoms with Gasteiger partial charge in [0.2, 0.25) is 0 Å². The summed E-state index contributed by atoms with van der Waals surface area (Å²) in [6, 6.07) is 0. The minimum atomic E-state index is -4.37. The molecule has 0 fully saturated rings. The number of hydrogen-bond acceptors (Lipinski definition) is 4. The Balaban J connectivity index is 2.21. The van der Waals surface area contributed by atoms with E-state index in [1.165, 1.54) is 0 Å². The van der Waals surface area contributed by atoms with E-state index in [9.17, 15) is 13.2 Å². The molecule has 0 saturated heterocycles. The zero-order chi connectivity index (χ0) is 18.7. The highest BCUT2D eigenvalue weighted by molar-refractivity contribution is 7.09. The highest BCUT2D eigenvalue weighted by Crippen LogP contribution is 2.29. The molecule has 0 aliphatic carbocycles. The second-order valence-corrected chi connectivity index (χ2v) is 6.48. The molecule has 2 N–H and O–H groups in total. The van der Waals surface area contributed by atoms with E-state index in [2.05, 4.69) is 39.4 Å². The number of alkyl halides is 3. The molecule has 0 aliphatic heterocycles. The Hall–Kier alpha value is -1.35. The first kappa shape index (κ1) is 21.7. The smallest absolute Gasteiger partial charge is 0.356 e. The molecule has 1 aromatic rings. The quantitative estimate of drug-likeness (QED) is 0.373. The number of rotatable bonds is 10. The SMILES string of the molecule is CCN(CC)CCCCNC(=NC)NCCc1nc(C(F)(F)F)cs1. The van der Waals surface area contributed by atoms with Crippen LogP contribution in [-0.4, -0.2) is 55.6 Å². The summed E-state index contributed by atoms with van der Waals surface area (Å²) in [5.41, 5.74) is -0.816. The topological polar surface area (TPSA) is 52.5 Å². The van der Waals surface area contributed by atoms with Crippen molar-refractivity contribution in [1.82, 2.24) is 20.5 Å². The average molecular weight is 379 g/mol. The van der Waals surface area contributed by atoms with Crippen molar-refractivity contribution in [3.63, 3.8) is 0 Å². The van der Waals surface area contributed by atoms with Crippen LogP contribution in [0.1, 0.15) is 37.4 Å². The fourth-order valence-corrected chi connectivity index (χ4v) is 3.08. The van der Waals surface area contributed by atoms with Crippen molar-refractivity contribution in [3.05, 3.63) is 16.1 Å². The van der Waals surface area contributed by atoms with Crippen LogP contribution in [0.4, 0.5) is 13.2 Å². The van der Waals surface area contributed by atoms with E-state index in [0.717, 1.165) is 55.7 Å². The predicted octanol–water partition coefficient (Wildman–Crippen LogP) is 2.99. The third kappa shape index (κ3) is 8.53. The van der Waals surface area contributed by atoms with E-state index >= 15 is 0 Å². The molecule has 5 nitrogen and oxygen atoms in total. The summed E-state index contributed by atoms with van der Waals surface area (Å²) < 4.78 is 37.5. The van der Waals surface area contributed by atoms with Gasteiger partial charge in [-0.25, -0.2) is 4.98 Å². The number of nitrogens with zero attached hydrogens (tertiary/aromatic N) is 3. The Morgan fingerprint density at radius 2 is 1.88 bits per heavy atom. The third-order valence-electron chi connectivity index (χ3n) is 3.79. The molecule has 0 amide bonds. The highest BCUT2D eigenvalue weighted by atomic mass is 32.1. The Morgan fingerprint density at radius 1 is 1.20 bits per heavy atom. The molecule has 0 spiro atoms. The molecule has 9 heteroatoms. The van der Waals surface area contributed by atoms with Crippen LogP contribution < -0.4 is 10.6 Å². The number of unbranched alkanes of at least 4 members (excludes halogenated alkanes) is 1. The van der Waals surface area contributed by atoms with Gasteiger partial charge in [-0.15, -0.1) is 11.3 Å². The maximum Gasteiger partial charge on any atom is 0.434 e. The molecule has 0 bridgehead atoms. The van der Waals surface area contributed by atoms with E-state index < -0.39 is 11.9 Å². The minimum Gasteiger partial charge on any atom is -0.356 e. The van der Waals surface area contributed by atoms with Crippen LogP contribution in [-0.2, 0) is 12.6 Å². The summed E-state index contributed by atoms with van der Waals surface area (Å²) in [4.78, 5) is 10.1. The molecular weight excluding hydrogens is 351 g/mol. The largest absolute Gasteiger partial charge is 0.434 e. The lowest BCUT2D eigenvalue weighted by molar-refractivity contribution is -0.140. The van der Waals surface area contributed by atoms with Crippen molar-refractivity contribution in [2.24, 2.45) is 4.99 Å². The lowest BCUT2D eigenvalue weighted by Gasteiger charge is -2.18. The van der Waals surface area contributed by atoms with Gasteiger partial charge >= 0.3 is 6.18 Å².